The van der Waals surface area contributed by atoms with Gasteiger partial charge < -0.3 is 9.64 Å². The van der Waals surface area contributed by atoms with Crippen LogP contribution in [0, 0.1) is 0 Å². The monoisotopic (exact) mass is 331 g/mol. The maximum atomic E-state index is 11.7. The van der Waals surface area contributed by atoms with Crippen molar-refractivity contribution in [1.82, 2.24) is 4.90 Å². The van der Waals surface area contributed by atoms with E-state index in [1.54, 1.807) is 17.9 Å². The molecule has 1 aromatic carbocycles. The molecule has 3 heteroatoms. The Bertz CT molecular complexity index is 603. The fourth-order valence-corrected chi connectivity index (χ4v) is 2.83. The first-order valence-corrected chi connectivity index (χ1v) is 8.51. The van der Waals surface area contributed by atoms with Gasteiger partial charge in [0, 0.05) is 26.1 Å². The van der Waals surface area contributed by atoms with Crippen LogP contribution in [0.5, 0.6) is 5.75 Å². The third-order valence-corrected chi connectivity index (χ3v) is 4.09. The maximum Gasteiger partial charge on any atom is 0.219 e. The van der Waals surface area contributed by atoms with E-state index in [-0.39, 0.29) is 16.7 Å². The zero-order valence-electron chi connectivity index (χ0n) is 16.6. The lowest BCUT2D eigenvalue weighted by Gasteiger charge is -2.32. The van der Waals surface area contributed by atoms with Gasteiger partial charge in [-0.05, 0) is 22.0 Å². The number of nitrogens with zero attached hydrogens (tertiary/aromatic N) is 1. The summed E-state index contributed by atoms with van der Waals surface area (Å²) in [5.41, 5.74) is 3.37. The predicted molar refractivity (Wildman–Crippen MR) is 102 cm³/mol. The lowest BCUT2D eigenvalue weighted by Crippen LogP contribution is -2.27. The Balaban J connectivity index is 3.62. The Morgan fingerprint density at radius 2 is 1.75 bits per heavy atom. The minimum Gasteiger partial charge on any atom is -0.489 e. The van der Waals surface area contributed by atoms with Crippen molar-refractivity contribution in [2.75, 3.05) is 13.7 Å². The Labute approximate surface area is 147 Å². The topological polar surface area (TPSA) is 29.5 Å². The van der Waals surface area contributed by atoms with Crippen molar-refractivity contribution >= 4 is 5.91 Å². The molecule has 0 spiro atoms. The quantitative estimate of drug-likeness (QED) is 0.724. The molecular weight excluding hydrogens is 298 g/mol. The van der Waals surface area contributed by atoms with Crippen LogP contribution in [0.1, 0.15) is 65.2 Å². The van der Waals surface area contributed by atoms with Gasteiger partial charge in [0.25, 0.3) is 0 Å². The molecule has 0 unspecified atom stereocenters. The van der Waals surface area contributed by atoms with Gasteiger partial charge in [-0.3, -0.25) is 4.79 Å². The van der Waals surface area contributed by atoms with Crippen molar-refractivity contribution in [3.63, 3.8) is 0 Å². The average molecular weight is 332 g/mol. The van der Waals surface area contributed by atoms with E-state index < -0.39 is 0 Å². The van der Waals surface area contributed by atoms with Crippen molar-refractivity contribution in [1.29, 1.82) is 0 Å². The molecule has 0 aromatic heterocycles. The zero-order chi connectivity index (χ0) is 18.7. The average Bonchev–Trinajstić information content (AvgIpc) is 2.42. The maximum absolute atomic E-state index is 11.7. The van der Waals surface area contributed by atoms with E-state index >= 15 is 0 Å². The van der Waals surface area contributed by atoms with Crippen LogP contribution >= 0.6 is 0 Å². The molecule has 1 aromatic rings. The van der Waals surface area contributed by atoms with Crippen LogP contribution in [0.25, 0.3) is 0 Å². The van der Waals surface area contributed by atoms with Gasteiger partial charge in [-0.1, -0.05) is 66.3 Å². The standard InChI is InChI=1S/C21H33NO2/c1-10-13-24-19-17(20(3,4)5)12-11-16(14-22(9)15(2)23)18(19)21(6,7)8/h10-12H,1,13-14H2,2-9H3. The van der Waals surface area contributed by atoms with Crippen LogP contribution in [0.15, 0.2) is 24.8 Å². The second-order valence-electron chi connectivity index (χ2n) is 8.45. The number of hydrogen-bond donors (Lipinski definition) is 0. The number of amides is 1. The molecule has 0 N–H and O–H groups in total. The fraction of sp³-hybridized carbons (Fsp3) is 0.571. The summed E-state index contributed by atoms with van der Waals surface area (Å²) >= 11 is 0. The lowest BCUT2D eigenvalue weighted by atomic mass is 9.77. The van der Waals surface area contributed by atoms with Gasteiger partial charge in [0.1, 0.15) is 12.4 Å². The van der Waals surface area contributed by atoms with Crippen LogP contribution in [-0.4, -0.2) is 24.5 Å². The van der Waals surface area contributed by atoms with E-state index in [0.29, 0.717) is 13.2 Å². The molecule has 0 fully saturated rings. The van der Waals surface area contributed by atoms with Crippen LogP contribution in [0.3, 0.4) is 0 Å². The Hall–Kier alpha value is -1.77. The Kier molecular flexibility index (Phi) is 6.26. The first kappa shape index (κ1) is 20.3. The van der Waals surface area contributed by atoms with Crippen LogP contribution in [-0.2, 0) is 22.2 Å². The van der Waals surface area contributed by atoms with E-state index in [0.717, 1.165) is 11.3 Å². The highest BCUT2D eigenvalue weighted by atomic mass is 16.5. The number of ether oxygens (including phenoxy) is 1. The normalized spacial score (nSPS) is 12.0. The largest absolute Gasteiger partial charge is 0.489 e. The van der Waals surface area contributed by atoms with Gasteiger partial charge in [0.05, 0.1) is 0 Å². The Morgan fingerprint density at radius 3 is 2.17 bits per heavy atom. The molecule has 0 bridgehead atoms. The number of carbonyl (C=O) groups excluding carboxylic acids is 1. The summed E-state index contributed by atoms with van der Waals surface area (Å²) in [6.45, 7) is 19.6. The van der Waals surface area contributed by atoms with Gasteiger partial charge >= 0.3 is 0 Å². The highest BCUT2D eigenvalue weighted by Gasteiger charge is 2.29. The molecule has 0 heterocycles. The van der Waals surface area contributed by atoms with Gasteiger partial charge in [0.2, 0.25) is 5.91 Å². The van der Waals surface area contributed by atoms with E-state index in [2.05, 4.69) is 60.3 Å². The second kappa shape index (κ2) is 7.42. The summed E-state index contributed by atoms with van der Waals surface area (Å²) in [4.78, 5) is 13.4. The smallest absolute Gasteiger partial charge is 0.219 e. The molecule has 0 radical (unpaired) electrons. The van der Waals surface area contributed by atoms with E-state index in [9.17, 15) is 4.79 Å². The molecule has 0 saturated carbocycles. The summed E-state index contributed by atoms with van der Waals surface area (Å²) in [5, 5.41) is 0. The molecule has 134 valence electrons. The minimum atomic E-state index is -0.0925. The van der Waals surface area contributed by atoms with Crippen molar-refractivity contribution in [3.8, 4) is 5.75 Å². The highest BCUT2D eigenvalue weighted by molar-refractivity contribution is 5.73. The van der Waals surface area contributed by atoms with Crippen LogP contribution < -0.4 is 4.74 Å². The number of hydrogen-bond acceptors (Lipinski definition) is 2. The summed E-state index contributed by atoms with van der Waals surface area (Å²) in [5.74, 6) is 0.993. The third kappa shape index (κ3) is 4.86. The fourth-order valence-electron chi connectivity index (χ4n) is 2.83. The second-order valence-corrected chi connectivity index (χ2v) is 8.45. The molecular formula is C21H33NO2. The van der Waals surface area contributed by atoms with Gasteiger partial charge in [-0.2, -0.15) is 0 Å². The van der Waals surface area contributed by atoms with Crippen molar-refractivity contribution in [2.24, 2.45) is 0 Å². The van der Waals surface area contributed by atoms with Gasteiger partial charge in [0.15, 0.2) is 0 Å². The molecule has 3 nitrogen and oxygen atoms in total. The Morgan fingerprint density at radius 1 is 1.17 bits per heavy atom. The summed E-state index contributed by atoms with van der Waals surface area (Å²) < 4.78 is 6.13. The van der Waals surface area contributed by atoms with E-state index in [4.69, 9.17) is 4.74 Å². The first-order valence-electron chi connectivity index (χ1n) is 8.51. The van der Waals surface area contributed by atoms with E-state index in [1.165, 1.54) is 11.1 Å². The summed E-state index contributed by atoms with van der Waals surface area (Å²) in [7, 11) is 1.83. The van der Waals surface area contributed by atoms with Gasteiger partial charge in [-0.15, -0.1) is 0 Å². The molecule has 0 aliphatic heterocycles. The third-order valence-electron chi connectivity index (χ3n) is 4.09. The SMILES string of the molecule is C=CCOc1c(C(C)(C)C)ccc(CN(C)C(C)=O)c1C(C)(C)C. The first-order chi connectivity index (χ1) is 10.9. The molecule has 0 aliphatic carbocycles. The van der Waals surface area contributed by atoms with E-state index in [1.807, 2.05) is 7.05 Å². The van der Waals surface area contributed by atoms with Crippen molar-refractivity contribution in [3.05, 3.63) is 41.5 Å². The molecule has 1 rings (SSSR count). The molecule has 0 saturated heterocycles. The zero-order valence-corrected chi connectivity index (χ0v) is 16.6. The predicted octanol–water partition coefficient (Wildman–Crippen LogP) is 4.82. The van der Waals surface area contributed by atoms with Crippen molar-refractivity contribution < 1.29 is 9.53 Å². The summed E-state index contributed by atoms with van der Waals surface area (Å²) in [6, 6.07) is 4.28. The van der Waals surface area contributed by atoms with Gasteiger partial charge in [-0.25, -0.2) is 0 Å². The molecule has 1 amide bonds. The number of rotatable bonds is 5. The lowest BCUT2D eigenvalue weighted by molar-refractivity contribution is -0.128. The molecule has 0 atom stereocenters. The summed E-state index contributed by atoms with van der Waals surface area (Å²) in [6.07, 6.45) is 1.77. The van der Waals surface area contributed by atoms with Crippen molar-refractivity contribution in [2.45, 2.75) is 65.8 Å². The molecule has 0 aliphatic rings. The molecule has 24 heavy (non-hydrogen) atoms. The highest BCUT2D eigenvalue weighted by Crippen LogP contribution is 2.42. The number of benzene rings is 1. The van der Waals surface area contributed by atoms with Crippen LogP contribution in [0.2, 0.25) is 0 Å². The van der Waals surface area contributed by atoms with Crippen LogP contribution in [0.4, 0.5) is 0 Å². The minimum absolute atomic E-state index is 0.0263. The number of carbonyl (C=O) groups is 1.